The van der Waals surface area contributed by atoms with Gasteiger partial charge in [-0.25, -0.2) is 0 Å². The Kier molecular flexibility index (Phi) is 14.3. The number of Topliss-reactive ketones (excluding diaryl/α,β-unsaturated/α-hetero) is 1. The number of aromatic nitrogens is 1. The van der Waals surface area contributed by atoms with E-state index in [1.807, 2.05) is 62.9 Å². The SMILES string of the molecule is CC[C@H](C)[C@@H]([C@@H](CC(=O)N1CCC[C@H]1[C@H](OC)[C@@H](C)C(=O)Nc1ccc2ncccc2c1)OC)N(C)C(=O)[C@@H](CC(=O)C(C)(C)N)C(C)C. The first-order valence-electron chi connectivity index (χ1n) is 17.6. The van der Waals surface area contributed by atoms with Gasteiger partial charge in [0.25, 0.3) is 0 Å². The standard InChI is InChI=1S/C38H59N5O6/c1-11-24(4)34(42(8)37(47)28(23(2)3)21-32(44)38(6,7)39)31(48-9)22-33(45)43-19-13-15-30(43)35(49-10)25(5)36(46)41-27-16-17-29-26(20-27)14-12-18-40-29/h12,14,16-18,20,23-25,28,30-31,34-35H,11,13,15,19,21-22,39H2,1-10H3,(H,41,46)/t24-,25+,28-,30-,31+,34-,35+/m0/s1. The van der Waals surface area contributed by atoms with E-state index in [9.17, 15) is 19.2 Å². The smallest absolute Gasteiger partial charge is 0.229 e. The van der Waals surface area contributed by atoms with Crippen molar-refractivity contribution >= 4 is 40.1 Å². The number of nitrogens with zero attached hydrogens (tertiary/aromatic N) is 3. The zero-order chi connectivity index (χ0) is 36.6. The number of amides is 3. The number of nitrogens with one attached hydrogen (secondary N) is 1. The second kappa shape index (κ2) is 17.5. The van der Waals surface area contributed by atoms with Gasteiger partial charge in [-0.2, -0.15) is 0 Å². The highest BCUT2D eigenvalue weighted by Crippen LogP contribution is 2.31. The monoisotopic (exact) mass is 681 g/mol. The second-order valence-corrected chi connectivity index (χ2v) is 14.7. The molecule has 3 N–H and O–H groups in total. The largest absolute Gasteiger partial charge is 0.379 e. The number of fused-ring (bicyclic) bond motifs is 1. The molecule has 0 unspecified atom stereocenters. The predicted octanol–water partition coefficient (Wildman–Crippen LogP) is 5.06. The fourth-order valence-corrected chi connectivity index (χ4v) is 7.05. The van der Waals surface area contributed by atoms with Crippen molar-refractivity contribution in [2.24, 2.45) is 29.4 Å². The summed E-state index contributed by atoms with van der Waals surface area (Å²) in [5.74, 6) is -1.81. The summed E-state index contributed by atoms with van der Waals surface area (Å²) >= 11 is 0. The lowest BCUT2D eigenvalue weighted by molar-refractivity contribution is -0.149. The van der Waals surface area contributed by atoms with Gasteiger partial charge in [-0.1, -0.05) is 47.1 Å². The number of ketones is 1. The third-order valence-electron chi connectivity index (χ3n) is 10.4. The Bertz CT molecular complexity index is 1440. The average Bonchev–Trinajstić information content (AvgIpc) is 3.55. The Hall–Kier alpha value is -3.41. The highest BCUT2D eigenvalue weighted by Gasteiger charge is 2.43. The minimum Gasteiger partial charge on any atom is -0.379 e. The van der Waals surface area contributed by atoms with Gasteiger partial charge in [0.05, 0.1) is 47.7 Å². The molecule has 2 heterocycles. The molecular weight excluding hydrogens is 622 g/mol. The van der Waals surface area contributed by atoms with Crippen LogP contribution < -0.4 is 11.1 Å². The van der Waals surface area contributed by atoms with Gasteiger partial charge in [-0.15, -0.1) is 0 Å². The molecule has 0 radical (unpaired) electrons. The summed E-state index contributed by atoms with van der Waals surface area (Å²) in [6.07, 6.45) is 2.97. The van der Waals surface area contributed by atoms with Crippen LogP contribution in [0, 0.1) is 23.7 Å². The molecule has 0 spiro atoms. The van der Waals surface area contributed by atoms with Gasteiger partial charge >= 0.3 is 0 Å². The molecule has 1 aromatic carbocycles. The fraction of sp³-hybridized carbons (Fsp3) is 0.658. The number of hydrogen-bond acceptors (Lipinski definition) is 8. The highest BCUT2D eigenvalue weighted by atomic mass is 16.5. The van der Waals surface area contributed by atoms with E-state index in [0.29, 0.717) is 18.7 Å². The fourth-order valence-electron chi connectivity index (χ4n) is 7.05. The first kappa shape index (κ1) is 40.0. The van der Waals surface area contributed by atoms with E-state index in [1.54, 1.807) is 46.2 Å². The molecule has 11 nitrogen and oxygen atoms in total. The predicted molar refractivity (Wildman–Crippen MR) is 193 cm³/mol. The molecule has 1 fully saturated rings. The van der Waals surface area contributed by atoms with E-state index in [1.165, 1.54) is 0 Å². The molecule has 272 valence electrons. The molecule has 11 heteroatoms. The topological polar surface area (TPSA) is 144 Å². The highest BCUT2D eigenvalue weighted by molar-refractivity contribution is 5.95. The average molecular weight is 682 g/mol. The first-order chi connectivity index (χ1) is 23.0. The van der Waals surface area contributed by atoms with Crippen LogP contribution in [0.3, 0.4) is 0 Å². The van der Waals surface area contributed by atoms with Crippen LogP contribution in [0.2, 0.25) is 0 Å². The van der Waals surface area contributed by atoms with Gasteiger partial charge in [0.15, 0.2) is 5.78 Å². The Balaban J connectivity index is 1.77. The molecule has 0 saturated carbocycles. The lowest BCUT2D eigenvalue weighted by atomic mass is 9.83. The van der Waals surface area contributed by atoms with Gasteiger partial charge in [-0.05, 0) is 62.8 Å². The van der Waals surface area contributed by atoms with E-state index in [4.69, 9.17) is 15.2 Å². The van der Waals surface area contributed by atoms with Crippen molar-refractivity contribution in [2.75, 3.05) is 33.1 Å². The maximum absolute atomic E-state index is 14.1. The van der Waals surface area contributed by atoms with Gasteiger partial charge < -0.3 is 30.3 Å². The van der Waals surface area contributed by atoms with Gasteiger partial charge in [0, 0.05) is 57.4 Å². The second-order valence-electron chi connectivity index (χ2n) is 14.7. The van der Waals surface area contributed by atoms with E-state index in [2.05, 4.69) is 17.2 Å². The summed E-state index contributed by atoms with van der Waals surface area (Å²) < 4.78 is 11.9. The summed E-state index contributed by atoms with van der Waals surface area (Å²) in [6.45, 7) is 13.6. The normalized spacial score (nSPS) is 18.9. The summed E-state index contributed by atoms with van der Waals surface area (Å²) in [6, 6.07) is 8.68. The zero-order valence-electron chi connectivity index (χ0n) is 31.2. The number of ether oxygens (including phenoxy) is 2. The Morgan fingerprint density at radius 2 is 1.78 bits per heavy atom. The number of methoxy groups -OCH3 is 2. The molecule has 3 rings (SSSR count). The number of anilines is 1. The van der Waals surface area contributed by atoms with Crippen molar-refractivity contribution in [2.45, 2.75) is 110 Å². The summed E-state index contributed by atoms with van der Waals surface area (Å²) in [5, 5.41) is 3.94. The van der Waals surface area contributed by atoms with Crippen LogP contribution >= 0.6 is 0 Å². The Morgan fingerprint density at radius 1 is 1.08 bits per heavy atom. The molecule has 49 heavy (non-hydrogen) atoms. The van der Waals surface area contributed by atoms with Crippen molar-refractivity contribution in [1.82, 2.24) is 14.8 Å². The van der Waals surface area contributed by atoms with E-state index < -0.39 is 35.6 Å². The van der Waals surface area contributed by atoms with Gasteiger partial charge in [0.1, 0.15) is 0 Å². The Morgan fingerprint density at radius 3 is 2.37 bits per heavy atom. The van der Waals surface area contributed by atoms with Crippen LogP contribution in [0.25, 0.3) is 10.9 Å². The number of nitrogens with two attached hydrogens (primary N) is 1. The number of benzene rings is 1. The van der Waals surface area contributed by atoms with Crippen molar-refractivity contribution < 1.29 is 28.7 Å². The van der Waals surface area contributed by atoms with Crippen LogP contribution in [-0.2, 0) is 28.7 Å². The van der Waals surface area contributed by atoms with Crippen molar-refractivity contribution in [1.29, 1.82) is 0 Å². The first-order valence-corrected chi connectivity index (χ1v) is 17.6. The lowest BCUT2D eigenvalue weighted by Gasteiger charge is -2.41. The number of likely N-dealkylation sites (N-methyl/N-ethyl adjacent to an activating group) is 1. The van der Waals surface area contributed by atoms with Crippen LogP contribution in [0.5, 0.6) is 0 Å². The third kappa shape index (κ3) is 9.86. The van der Waals surface area contributed by atoms with Crippen molar-refractivity contribution in [3.63, 3.8) is 0 Å². The maximum Gasteiger partial charge on any atom is 0.229 e. The molecule has 1 aliphatic rings. The minimum absolute atomic E-state index is 0.0110. The quantitative estimate of drug-likeness (QED) is 0.236. The molecule has 1 aliphatic heterocycles. The Labute approximate surface area is 292 Å². The molecule has 0 bridgehead atoms. The van der Waals surface area contributed by atoms with Gasteiger partial charge in [0.2, 0.25) is 17.7 Å². The summed E-state index contributed by atoms with van der Waals surface area (Å²) in [5.41, 5.74) is 6.55. The summed E-state index contributed by atoms with van der Waals surface area (Å²) in [4.78, 5) is 62.3. The number of hydrogen-bond donors (Lipinski definition) is 2. The molecule has 7 atom stereocenters. The van der Waals surface area contributed by atoms with Crippen LogP contribution in [0.15, 0.2) is 36.5 Å². The number of likely N-dealkylation sites (tertiary alicyclic amines) is 1. The minimum atomic E-state index is -1.04. The van der Waals surface area contributed by atoms with E-state index >= 15 is 0 Å². The summed E-state index contributed by atoms with van der Waals surface area (Å²) in [7, 11) is 4.89. The number of rotatable bonds is 17. The molecule has 1 saturated heterocycles. The number of carbonyl (C=O) groups excluding carboxylic acids is 4. The van der Waals surface area contributed by atoms with Crippen LogP contribution in [0.4, 0.5) is 5.69 Å². The van der Waals surface area contributed by atoms with Crippen molar-refractivity contribution in [3.8, 4) is 0 Å². The van der Waals surface area contributed by atoms with E-state index in [0.717, 1.165) is 23.7 Å². The number of carbonyl (C=O) groups is 4. The van der Waals surface area contributed by atoms with Gasteiger partial charge in [-0.3, -0.25) is 24.2 Å². The zero-order valence-corrected chi connectivity index (χ0v) is 31.2. The number of pyridine rings is 1. The molecule has 1 aromatic heterocycles. The van der Waals surface area contributed by atoms with Crippen LogP contribution in [-0.4, -0.2) is 95.9 Å². The van der Waals surface area contributed by atoms with Crippen molar-refractivity contribution in [3.05, 3.63) is 36.5 Å². The van der Waals surface area contributed by atoms with Crippen LogP contribution in [0.1, 0.15) is 80.6 Å². The third-order valence-corrected chi connectivity index (χ3v) is 10.4. The molecular formula is C38H59N5O6. The van der Waals surface area contributed by atoms with E-state index in [-0.39, 0.29) is 54.2 Å². The molecule has 3 amide bonds. The molecule has 2 aromatic rings. The maximum atomic E-state index is 14.1. The lowest BCUT2D eigenvalue weighted by Crippen LogP contribution is -2.54. The molecule has 0 aliphatic carbocycles.